The minimum Gasteiger partial charge on any atom is -0.497 e. The van der Waals surface area contributed by atoms with E-state index in [1.165, 1.54) is 12.4 Å². The van der Waals surface area contributed by atoms with E-state index in [9.17, 15) is 14.9 Å². The van der Waals surface area contributed by atoms with Gasteiger partial charge in [-0.2, -0.15) is 0 Å². The van der Waals surface area contributed by atoms with Crippen molar-refractivity contribution in [2.45, 2.75) is 6.54 Å². The number of aromatic amines is 1. The third-order valence-electron chi connectivity index (χ3n) is 5.92. The van der Waals surface area contributed by atoms with Gasteiger partial charge in [-0.15, -0.1) is 11.3 Å². The van der Waals surface area contributed by atoms with Gasteiger partial charge in [0, 0.05) is 49.7 Å². The molecule has 11 heteroatoms. The lowest BCUT2D eigenvalue weighted by Crippen LogP contribution is -2.46. The lowest BCUT2D eigenvalue weighted by Gasteiger charge is -2.35. The van der Waals surface area contributed by atoms with Gasteiger partial charge in [-0.05, 0) is 30.3 Å². The van der Waals surface area contributed by atoms with Crippen molar-refractivity contribution in [3.8, 4) is 16.3 Å². The number of piperazine rings is 1. The third kappa shape index (κ3) is 4.35. The van der Waals surface area contributed by atoms with E-state index in [-0.39, 0.29) is 16.6 Å². The minimum atomic E-state index is -0.441. The molecule has 4 aromatic rings. The van der Waals surface area contributed by atoms with Crippen molar-refractivity contribution in [2.24, 2.45) is 0 Å². The molecular formula is C23H22N6O4S. The number of thiazole rings is 1. The lowest BCUT2D eigenvalue weighted by atomic mass is 10.1. The van der Waals surface area contributed by atoms with Crippen molar-refractivity contribution < 1.29 is 9.66 Å². The molecule has 10 nitrogen and oxygen atoms in total. The number of methoxy groups -OCH3 is 1. The van der Waals surface area contributed by atoms with Gasteiger partial charge >= 0.3 is 0 Å². The average molecular weight is 479 g/mol. The van der Waals surface area contributed by atoms with Crippen molar-refractivity contribution in [1.82, 2.24) is 19.9 Å². The van der Waals surface area contributed by atoms with Gasteiger partial charge < -0.3 is 14.6 Å². The van der Waals surface area contributed by atoms with E-state index >= 15 is 0 Å². The first kappa shape index (κ1) is 22.0. The monoisotopic (exact) mass is 478 g/mol. The molecule has 0 spiro atoms. The van der Waals surface area contributed by atoms with Gasteiger partial charge in [0.2, 0.25) is 0 Å². The van der Waals surface area contributed by atoms with Crippen LogP contribution < -0.4 is 15.2 Å². The molecular weight excluding hydrogens is 456 g/mol. The lowest BCUT2D eigenvalue weighted by molar-refractivity contribution is -0.384. The van der Waals surface area contributed by atoms with Crippen LogP contribution in [0.4, 0.5) is 11.4 Å². The summed E-state index contributed by atoms with van der Waals surface area (Å²) in [5, 5.41) is 15.0. The fourth-order valence-corrected chi connectivity index (χ4v) is 4.93. The van der Waals surface area contributed by atoms with Crippen LogP contribution in [0, 0.1) is 10.1 Å². The smallest absolute Gasteiger partial charge is 0.293 e. The number of nitro benzene ring substituents is 1. The number of nitrogens with zero attached hydrogens (tertiary/aromatic N) is 5. The zero-order valence-electron chi connectivity index (χ0n) is 18.4. The van der Waals surface area contributed by atoms with Crippen LogP contribution >= 0.6 is 11.3 Å². The van der Waals surface area contributed by atoms with Crippen molar-refractivity contribution in [3.63, 3.8) is 0 Å². The summed E-state index contributed by atoms with van der Waals surface area (Å²) < 4.78 is 5.21. The molecule has 0 unspecified atom stereocenters. The highest BCUT2D eigenvalue weighted by Crippen LogP contribution is 2.32. The van der Waals surface area contributed by atoms with Gasteiger partial charge in [0.15, 0.2) is 0 Å². The number of aromatic nitrogens is 3. The Morgan fingerprint density at radius 1 is 1.18 bits per heavy atom. The summed E-state index contributed by atoms with van der Waals surface area (Å²) in [6, 6.07) is 10.8. The number of anilines is 1. The van der Waals surface area contributed by atoms with Crippen LogP contribution in [0.3, 0.4) is 0 Å². The Kier molecular flexibility index (Phi) is 5.95. The van der Waals surface area contributed by atoms with Crippen LogP contribution in [0.25, 0.3) is 21.5 Å². The molecule has 1 fully saturated rings. The molecule has 1 N–H and O–H groups in total. The second-order valence-electron chi connectivity index (χ2n) is 7.98. The highest BCUT2D eigenvalue weighted by atomic mass is 32.1. The third-order valence-corrected chi connectivity index (χ3v) is 6.86. The quantitative estimate of drug-likeness (QED) is 0.331. The predicted molar refractivity (Wildman–Crippen MR) is 131 cm³/mol. The molecule has 5 rings (SSSR count). The highest BCUT2D eigenvalue weighted by Gasteiger charge is 2.25. The molecule has 0 bridgehead atoms. The number of benzene rings is 2. The number of nitrogens with one attached hydrogen (secondary N) is 1. The Morgan fingerprint density at radius 2 is 1.94 bits per heavy atom. The minimum absolute atomic E-state index is 0.0805. The van der Waals surface area contributed by atoms with Gasteiger partial charge in [0.25, 0.3) is 11.2 Å². The van der Waals surface area contributed by atoms with Crippen LogP contribution in [0.2, 0.25) is 0 Å². The van der Waals surface area contributed by atoms with Crippen molar-refractivity contribution in [3.05, 3.63) is 74.3 Å². The maximum atomic E-state index is 12.0. The molecule has 2 aromatic carbocycles. The summed E-state index contributed by atoms with van der Waals surface area (Å²) >= 11 is 1.61. The van der Waals surface area contributed by atoms with Crippen molar-refractivity contribution >= 4 is 33.6 Å². The van der Waals surface area contributed by atoms with E-state index in [4.69, 9.17) is 9.72 Å². The first-order chi connectivity index (χ1) is 16.5. The standard InChI is InChI=1S/C23H22N6O4S/c1-33-17-4-2-15(3-5-17)23-26-16(13-34-23)12-27-6-8-28(9-7-27)20-11-19-18(10-21(20)29(31)32)22(30)25-14-24-19/h2-5,10-11,13-14H,6-9,12H2,1H3,(H,24,25,30). The van der Waals surface area contributed by atoms with E-state index in [1.54, 1.807) is 24.5 Å². The first-order valence-electron chi connectivity index (χ1n) is 10.7. The summed E-state index contributed by atoms with van der Waals surface area (Å²) in [5.74, 6) is 0.813. The van der Waals surface area contributed by atoms with Gasteiger partial charge in [-0.1, -0.05) is 0 Å². The number of rotatable bonds is 6. The summed E-state index contributed by atoms with van der Waals surface area (Å²) in [5.41, 5.74) is 2.53. The Hall–Kier alpha value is -3.83. The number of H-pyrrole nitrogens is 1. The SMILES string of the molecule is COc1ccc(-c2nc(CN3CCN(c4cc5nc[nH]c(=O)c5cc4[N+](=O)[O-])CC3)cs2)cc1. The molecule has 3 heterocycles. The fraction of sp³-hybridized carbons (Fsp3) is 0.261. The van der Waals surface area contributed by atoms with E-state index in [0.717, 1.165) is 41.6 Å². The Labute approximate surface area is 198 Å². The molecule has 174 valence electrons. The van der Waals surface area contributed by atoms with Gasteiger partial charge in [0.1, 0.15) is 16.4 Å². The number of nitro groups is 1. The van der Waals surface area contributed by atoms with Crippen LogP contribution in [0.5, 0.6) is 5.75 Å². The molecule has 1 saturated heterocycles. The Bertz CT molecular complexity index is 1390. The number of ether oxygens (including phenoxy) is 1. The molecule has 0 aliphatic carbocycles. The average Bonchev–Trinajstić information content (AvgIpc) is 3.32. The summed E-state index contributed by atoms with van der Waals surface area (Å²) in [6.45, 7) is 3.47. The molecule has 0 radical (unpaired) electrons. The Balaban J connectivity index is 1.28. The fourth-order valence-electron chi connectivity index (χ4n) is 4.11. The van der Waals surface area contributed by atoms with Crippen LogP contribution in [-0.4, -0.2) is 58.1 Å². The molecule has 34 heavy (non-hydrogen) atoms. The maximum absolute atomic E-state index is 12.0. The second-order valence-corrected chi connectivity index (χ2v) is 8.84. The molecule has 1 aliphatic heterocycles. The van der Waals surface area contributed by atoms with Gasteiger partial charge in [-0.3, -0.25) is 19.8 Å². The number of hydrogen-bond acceptors (Lipinski definition) is 9. The van der Waals surface area contributed by atoms with E-state index in [1.807, 2.05) is 29.2 Å². The van der Waals surface area contributed by atoms with Crippen LogP contribution in [0.15, 0.2) is 52.9 Å². The molecule has 0 atom stereocenters. The molecule has 1 aliphatic rings. The van der Waals surface area contributed by atoms with Crippen LogP contribution in [-0.2, 0) is 6.54 Å². The second kappa shape index (κ2) is 9.20. The first-order valence-corrected chi connectivity index (χ1v) is 11.6. The number of hydrogen-bond donors (Lipinski definition) is 1. The summed E-state index contributed by atoms with van der Waals surface area (Å²) in [4.78, 5) is 39.0. The van der Waals surface area contributed by atoms with Gasteiger partial charge in [-0.25, -0.2) is 9.97 Å². The predicted octanol–water partition coefficient (Wildman–Crippen LogP) is 3.29. The maximum Gasteiger partial charge on any atom is 0.293 e. The Morgan fingerprint density at radius 3 is 2.65 bits per heavy atom. The number of fused-ring (bicyclic) bond motifs is 1. The summed E-state index contributed by atoms with van der Waals surface area (Å²) in [7, 11) is 1.65. The van der Waals surface area contributed by atoms with Gasteiger partial charge in [0.05, 0.1) is 35.0 Å². The largest absolute Gasteiger partial charge is 0.497 e. The van der Waals surface area contributed by atoms with E-state index in [2.05, 4.69) is 20.2 Å². The highest BCUT2D eigenvalue weighted by molar-refractivity contribution is 7.13. The topological polar surface area (TPSA) is 117 Å². The van der Waals surface area contributed by atoms with E-state index < -0.39 is 4.92 Å². The zero-order chi connectivity index (χ0) is 23.7. The molecule has 2 aromatic heterocycles. The normalized spacial score (nSPS) is 14.4. The van der Waals surface area contributed by atoms with Crippen molar-refractivity contribution in [2.75, 3.05) is 38.2 Å². The van der Waals surface area contributed by atoms with E-state index in [0.29, 0.717) is 24.3 Å². The molecule has 0 amide bonds. The van der Waals surface area contributed by atoms with Crippen molar-refractivity contribution in [1.29, 1.82) is 0 Å². The summed E-state index contributed by atoms with van der Waals surface area (Å²) in [6.07, 6.45) is 1.31. The molecule has 0 saturated carbocycles. The zero-order valence-corrected chi connectivity index (χ0v) is 19.2. The van der Waals surface area contributed by atoms with Crippen LogP contribution in [0.1, 0.15) is 5.69 Å².